The molecule has 140 valence electrons. The summed E-state index contributed by atoms with van der Waals surface area (Å²) in [7, 11) is 0. The Hall–Kier alpha value is -2.41. The van der Waals surface area contributed by atoms with E-state index in [0.717, 1.165) is 39.6 Å². The third-order valence-corrected chi connectivity index (χ3v) is 6.14. The molecular weight excluding hydrogens is 366 g/mol. The molecule has 0 unspecified atom stereocenters. The molecule has 4 nitrogen and oxygen atoms in total. The maximum absolute atomic E-state index is 9.62. The number of halogens is 2. The summed E-state index contributed by atoms with van der Waals surface area (Å²) in [6, 6.07) is 8.76. The molecule has 0 radical (unpaired) electrons. The number of hydrogen-bond donors (Lipinski definition) is 0. The van der Waals surface area contributed by atoms with Gasteiger partial charge in [0.25, 0.3) is 0 Å². The van der Waals surface area contributed by atoms with Gasteiger partial charge in [-0.2, -0.15) is 5.10 Å². The van der Waals surface area contributed by atoms with Crippen LogP contribution in [0.3, 0.4) is 0 Å². The summed E-state index contributed by atoms with van der Waals surface area (Å²) in [5.41, 5.74) is 2.84. The zero-order valence-corrected chi connectivity index (χ0v) is 15.8. The average Bonchev–Trinajstić information content (AvgIpc) is 3.22. The second kappa shape index (κ2) is 7.68. The Morgan fingerprint density at radius 3 is 2.70 bits per heavy atom. The predicted molar refractivity (Wildman–Crippen MR) is 105 cm³/mol. The number of alkyl halides is 2. The molecule has 1 saturated carbocycles. The summed E-state index contributed by atoms with van der Waals surface area (Å²) in [6.45, 7) is 1.19. The van der Waals surface area contributed by atoms with Gasteiger partial charge < -0.3 is 0 Å². The highest BCUT2D eigenvalue weighted by Crippen LogP contribution is 2.41. The molecule has 1 fully saturated rings. The second-order valence-corrected chi connectivity index (χ2v) is 7.65. The van der Waals surface area contributed by atoms with Crippen molar-refractivity contribution in [3.8, 4) is 11.3 Å². The molecule has 27 heavy (non-hydrogen) atoms. The van der Waals surface area contributed by atoms with Gasteiger partial charge in [-0.05, 0) is 49.9 Å². The average molecular weight is 386 g/mol. The molecule has 0 N–H and O–H groups in total. The Bertz CT molecular complexity index is 1070. The Morgan fingerprint density at radius 2 is 2.00 bits per heavy atom. The standard InChI is InChI=1S/C19H18N4S.CH2F2/c1-2-23-11-15-8-14(10-20-18(15)22-23)16-7-6-13-9-17(12-4-3-5-12)24-19(13)21-16;2-1-3/h6-12H,2-5H2,1H3;1H2. The maximum Gasteiger partial charge on any atom is 0.229 e. The summed E-state index contributed by atoms with van der Waals surface area (Å²) in [5.74, 6) is 0.769. The van der Waals surface area contributed by atoms with Crippen LogP contribution in [0.1, 0.15) is 37.0 Å². The van der Waals surface area contributed by atoms with E-state index in [-0.39, 0.29) is 0 Å². The maximum atomic E-state index is 9.62. The van der Waals surface area contributed by atoms with Crippen LogP contribution in [0.25, 0.3) is 32.5 Å². The minimum absolute atomic E-state index is 0.769. The molecular formula is C20H20F2N4S. The normalized spacial score (nSPS) is 14.2. The van der Waals surface area contributed by atoms with E-state index in [0.29, 0.717) is 0 Å². The molecule has 0 amide bonds. The first-order chi connectivity index (χ1) is 13.2. The van der Waals surface area contributed by atoms with E-state index in [4.69, 9.17) is 4.98 Å². The van der Waals surface area contributed by atoms with Crippen LogP contribution in [0, 0.1) is 0 Å². The number of nitrogens with zero attached hydrogens (tertiary/aromatic N) is 4. The molecule has 0 aromatic carbocycles. The molecule has 0 bridgehead atoms. The van der Waals surface area contributed by atoms with Gasteiger partial charge in [-0.3, -0.25) is 4.68 Å². The summed E-state index contributed by atoms with van der Waals surface area (Å²) in [4.78, 5) is 12.0. The van der Waals surface area contributed by atoms with Gasteiger partial charge in [0.2, 0.25) is 6.93 Å². The van der Waals surface area contributed by atoms with Crippen LogP contribution in [-0.4, -0.2) is 26.7 Å². The molecule has 4 aromatic rings. The molecule has 5 rings (SSSR count). The number of pyridine rings is 2. The van der Waals surface area contributed by atoms with Gasteiger partial charge in [0.1, 0.15) is 4.83 Å². The Morgan fingerprint density at radius 1 is 1.19 bits per heavy atom. The third kappa shape index (κ3) is 3.56. The summed E-state index contributed by atoms with van der Waals surface area (Å²) in [6.07, 6.45) is 7.96. The van der Waals surface area contributed by atoms with Crippen molar-refractivity contribution in [1.82, 2.24) is 19.7 Å². The van der Waals surface area contributed by atoms with Gasteiger partial charge in [-0.25, -0.2) is 18.7 Å². The zero-order chi connectivity index (χ0) is 18.8. The van der Waals surface area contributed by atoms with Crippen molar-refractivity contribution in [3.63, 3.8) is 0 Å². The van der Waals surface area contributed by atoms with E-state index < -0.39 is 6.93 Å². The highest BCUT2D eigenvalue weighted by atomic mass is 32.1. The van der Waals surface area contributed by atoms with Crippen molar-refractivity contribution < 1.29 is 8.78 Å². The first-order valence-electron chi connectivity index (χ1n) is 9.07. The first kappa shape index (κ1) is 18.0. The fourth-order valence-electron chi connectivity index (χ4n) is 3.26. The molecule has 7 heteroatoms. The van der Waals surface area contributed by atoms with Crippen molar-refractivity contribution in [3.05, 3.63) is 41.5 Å². The lowest BCUT2D eigenvalue weighted by atomic mass is 9.84. The summed E-state index contributed by atoms with van der Waals surface area (Å²) in [5, 5.41) is 6.77. The van der Waals surface area contributed by atoms with Crippen molar-refractivity contribution in [2.75, 3.05) is 6.93 Å². The van der Waals surface area contributed by atoms with Gasteiger partial charge in [0, 0.05) is 40.2 Å². The molecule has 0 spiro atoms. The van der Waals surface area contributed by atoms with Crippen LogP contribution in [0.4, 0.5) is 8.78 Å². The van der Waals surface area contributed by atoms with E-state index in [2.05, 4.69) is 41.3 Å². The molecule has 4 heterocycles. The van der Waals surface area contributed by atoms with E-state index in [1.807, 2.05) is 28.4 Å². The smallest absolute Gasteiger partial charge is 0.229 e. The van der Waals surface area contributed by atoms with Gasteiger partial charge in [0.05, 0.1) is 5.69 Å². The predicted octanol–water partition coefficient (Wildman–Crippen LogP) is 5.88. The monoisotopic (exact) mass is 386 g/mol. The van der Waals surface area contributed by atoms with Crippen LogP contribution >= 0.6 is 11.3 Å². The molecule has 0 atom stereocenters. The van der Waals surface area contributed by atoms with Crippen LogP contribution in [-0.2, 0) is 6.54 Å². The number of hydrogen-bond acceptors (Lipinski definition) is 4. The molecule has 0 aliphatic heterocycles. The van der Waals surface area contributed by atoms with Gasteiger partial charge >= 0.3 is 0 Å². The lowest BCUT2D eigenvalue weighted by Gasteiger charge is -2.23. The fourth-order valence-corrected chi connectivity index (χ4v) is 4.46. The number of aryl methyl sites for hydroxylation is 1. The third-order valence-electron chi connectivity index (χ3n) is 4.94. The molecule has 1 aliphatic carbocycles. The van der Waals surface area contributed by atoms with Crippen LogP contribution in [0.2, 0.25) is 0 Å². The topological polar surface area (TPSA) is 43.6 Å². The quantitative estimate of drug-likeness (QED) is 0.442. The lowest BCUT2D eigenvalue weighted by Crippen LogP contribution is -2.06. The number of thiophene rings is 1. The minimum atomic E-state index is -1.75. The van der Waals surface area contributed by atoms with Crippen LogP contribution in [0.15, 0.2) is 36.7 Å². The SMILES string of the molecule is CCn1cc2cc(-c3ccc4cc(C5CCC5)sc4n3)cnc2n1.FCF. The van der Waals surface area contributed by atoms with Crippen LogP contribution < -0.4 is 0 Å². The largest absolute Gasteiger partial charge is 0.270 e. The number of rotatable bonds is 3. The molecule has 1 aliphatic rings. The van der Waals surface area contributed by atoms with E-state index in [1.165, 1.54) is 29.5 Å². The summed E-state index contributed by atoms with van der Waals surface area (Å²) < 4.78 is 21.2. The first-order valence-corrected chi connectivity index (χ1v) is 9.89. The molecule has 0 saturated heterocycles. The van der Waals surface area contributed by atoms with E-state index in [9.17, 15) is 8.78 Å². The number of aromatic nitrogens is 4. The van der Waals surface area contributed by atoms with Crippen LogP contribution in [0.5, 0.6) is 0 Å². The zero-order valence-electron chi connectivity index (χ0n) is 15.0. The summed E-state index contributed by atoms with van der Waals surface area (Å²) >= 11 is 1.85. The highest BCUT2D eigenvalue weighted by Gasteiger charge is 2.21. The van der Waals surface area contributed by atoms with E-state index >= 15 is 0 Å². The van der Waals surface area contributed by atoms with Crippen molar-refractivity contribution in [2.24, 2.45) is 0 Å². The fraction of sp³-hybridized carbons (Fsp3) is 0.350. The Kier molecular flexibility index (Phi) is 5.11. The Labute approximate surface area is 159 Å². The Balaban J connectivity index is 0.000000565. The van der Waals surface area contributed by atoms with Crippen molar-refractivity contribution in [2.45, 2.75) is 38.6 Å². The van der Waals surface area contributed by atoms with Crippen molar-refractivity contribution in [1.29, 1.82) is 0 Å². The number of fused-ring (bicyclic) bond motifs is 2. The second-order valence-electron chi connectivity index (χ2n) is 6.59. The van der Waals surface area contributed by atoms with Gasteiger partial charge in [0.15, 0.2) is 5.65 Å². The molecule has 4 aromatic heterocycles. The minimum Gasteiger partial charge on any atom is -0.270 e. The van der Waals surface area contributed by atoms with E-state index in [1.54, 1.807) is 0 Å². The van der Waals surface area contributed by atoms with Gasteiger partial charge in [-0.1, -0.05) is 6.42 Å². The highest BCUT2D eigenvalue weighted by molar-refractivity contribution is 7.18. The van der Waals surface area contributed by atoms with Crippen molar-refractivity contribution >= 4 is 32.6 Å². The lowest BCUT2D eigenvalue weighted by molar-refractivity contribution is 0.295. The van der Waals surface area contributed by atoms with Gasteiger partial charge in [-0.15, -0.1) is 11.3 Å².